The van der Waals surface area contributed by atoms with Gasteiger partial charge in [-0.2, -0.15) is 0 Å². The first-order chi connectivity index (χ1) is 6.50. The number of anilines is 1. The van der Waals surface area contributed by atoms with Crippen LogP contribution in [0.25, 0.3) is 0 Å². The van der Waals surface area contributed by atoms with E-state index in [4.69, 9.17) is 5.73 Å². The summed E-state index contributed by atoms with van der Waals surface area (Å²) in [5.41, 5.74) is 7.28. The van der Waals surface area contributed by atoms with Crippen LogP contribution in [0.1, 0.15) is 12.5 Å². The molecule has 0 saturated heterocycles. The minimum absolute atomic E-state index is 0.174. The molecule has 0 fully saturated rings. The van der Waals surface area contributed by atoms with Crippen LogP contribution in [0.2, 0.25) is 0 Å². The Hall–Kier alpha value is -0.870. The number of nitrogens with two attached hydrogens (primary N) is 1. The lowest BCUT2D eigenvalue weighted by Crippen LogP contribution is -2.32. The molecule has 0 aliphatic rings. The molecule has 0 saturated carbocycles. The van der Waals surface area contributed by atoms with Gasteiger partial charge in [-0.1, -0.05) is 15.9 Å². The van der Waals surface area contributed by atoms with E-state index in [9.17, 15) is 4.79 Å². The molecule has 1 rings (SSSR count). The van der Waals surface area contributed by atoms with Crippen molar-refractivity contribution in [3.05, 3.63) is 28.2 Å². The van der Waals surface area contributed by atoms with Gasteiger partial charge in [-0.3, -0.25) is 4.79 Å². The molecule has 0 radical (unpaired) electrons. The summed E-state index contributed by atoms with van der Waals surface area (Å²) < 4.78 is 1.02. The monoisotopic (exact) mass is 256 g/mol. The smallest absolute Gasteiger partial charge is 0.240 e. The van der Waals surface area contributed by atoms with Gasteiger partial charge < -0.3 is 11.1 Å². The zero-order valence-corrected chi connectivity index (χ0v) is 9.76. The van der Waals surface area contributed by atoms with Gasteiger partial charge in [-0.05, 0) is 37.6 Å². The van der Waals surface area contributed by atoms with E-state index < -0.39 is 6.04 Å². The van der Waals surface area contributed by atoms with Crippen molar-refractivity contribution in [2.75, 3.05) is 5.32 Å². The Bertz CT molecular complexity index is 350. The lowest BCUT2D eigenvalue weighted by molar-refractivity contribution is -0.117. The molecule has 3 nitrogen and oxygen atoms in total. The number of benzene rings is 1. The first-order valence-corrected chi connectivity index (χ1v) is 5.12. The van der Waals surface area contributed by atoms with E-state index >= 15 is 0 Å². The SMILES string of the molecule is Cc1cc(NC(=O)C(C)N)ccc1Br. The number of amides is 1. The van der Waals surface area contributed by atoms with Crippen molar-refractivity contribution >= 4 is 27.5 Å². The minimum atomic E-state index is -0.487. The maximum atomic E-state index is 11.3. The van der Waals surface area contributed by atoms with Crippen LogP contribution in [0, 0.1) is 6.92 Å². The Labute approximate surface area is 91.8 Å². The number of hydrogen-bond acceptors (Lipinski definition) is 2. The summed E-state index contributed by atoms with van der Waals surface area (Å²) in [5.74, 6) is -0.174. The average molecular weight is 257 g/mol. The maximum Gasteiger partial charge on any atom is 0.240 e. The Morgan fingerprint density at radius 1 is 1.57 bits per heavy atom. The molecule has 1 aromatic carbocycles. The van der Waals surface area contributed by atoms with Crippen LogP contribution in [0.3, 0.4) is 0 Å². The standard InChI is InChI=1S/C10H13BrN2O/c1-6-5-8(3-4-9(6)11)13-10(14)7(2)12/h3-5,7H,12H2,1-2H3,(H,13,14). The van der Waals surface area contributed by atoms with Crippen LogP contribution in [-0.2, 0) is 4.79 Å². The van der Waals surface area contributed by atoms with E-state index in [1.807, 2.05) is 25.1 Å². The number of hydrogen-bond donors (Lipinski definition) is 2. The lowest BCUT2D eigenvalue weighted by atomic mass is 10.2. The van der Waals surface area contributed by atoms with Gasteiger partial charge in [0.05, 0.1) is 6.04 Å². The minimum Gasteiger partial charge on any atom is -0.325 e. The fourth-order valence-corrected chi connectivity index (χ4v) is 1.23. The highest BCUT2D eigenvalue weighted by Gasteiger charge is 2.07. The lowest BCUT2D eigenvalue weighted by Gasteiger charge is -2.08. The summed E-state index contributed by atoms with van der Waals surface area (Å²) in [6.07, 6.45) is 0. The van der Waals surface area contributed by atoms with Crippen molar-refractivity contribution < 1.29 is 4.79 Å². The normalized spacial score (nSPS) is 12.3. The molecule has 0 aliphatic heterocycles. The Balaban J connectivity index is 2.78. The van der Waals surface area contributed by atoms with Gasteiger partial charge in [0.15, 0.2) is 0 Å². The number of halogens is 1. The van der Waals surface area contributed by atoms with Crippen molar-refractivity contribution in [1.29, 1.82) is 0 Å². The number of aryl methyl sites for hydroxylation is 1. The summed E-state index contributed by atoms with van der Waals surface area (Å²) in [5, 5.41) is 2.72. The molecule has 0 spiro atoms. The number of carbonyl (C=O) groups is 1. The third-order valence-corrected chi connectivity index (χ3v) is 2.73. The van der Waals surface area contributed by atoms with Gasteiger partial charge in [0, 0.05) is 10.2 Å². The Kier molecular flexibility index (Phi) is 3.66. The summed E-state index contributed by atoms with van der Waals surface area (Å²) in [6.45, 7) is 3.62. The molecule has 76 valence electrons. The van der Waals surface area contributed by atoms with E-state index in [1.54, 1.807) is 6.92 Å². The summed E-state index contributed by atoms with van der Waals surface area (Å²) in [6, 6.07) is 5.13. The third-order valence-electron chi connectivity index (χ3n) is 1.84. The molecule has 0 bridgehead atoms. The van der Waals surface area contributed by atoms with Crippen LogP contribution >= 0.6 is 15.9 Å². The van der Waals surface area contributed by atoms with E-state index in [-0.39, 0.29) is 5.91 Å². The van der Waals surface area contributed by atoms with Crippen LogP contribution in [-0.4, -0.2) is 11.9 Å². The van der Waals surface area contributed by atoms with Gasteiger partial charge >= 0.3 is 0 Å². The predicted octanol–water partition coefficient (Wildman–Crippen LogP) is 2.04. The van der Waals surface area contributed by atoms with Crippen molar-refractivity contribution in [3.63, 3.8) is 0 Å². The highest BCUT2D eigenvalue weighted by Crippen LogP contribution is 2.19. The molecule has 14 heavy (non-hydrogen) atoms. The molecule has 0 aliphatic carbocycles. The van der Waals surface area contributed by atoms with Crippen molar-refractivity contribution in [2.45, 2.75) is 19.9 Å². The number of carbonyl (C=O) groups excluding carboxylic acids is 1. The first-order valence-electron chi connectivity index (χ1n) is 4.33. The van der Waals surface area contributed by atoms with Crippen molar-refractivity contribution in [3.8, 4) is 0 Å². The molecule has 1 atom stereocenters. The molecule has 1 aromatic rings. The van der Waals surface area contributed by atoms with Crippen LogP contribution in [0.5, 0.6) is 0 Å². The molecule has 0 aromatic heterocycles. The highest BCUT2D eigenvalue weighted by atomic mass is 79.9. The fraction of sp³-hybridized carbons (Fsp3) is 0.300. The fourth-order valence-electron chi connectivity index (χ4n) is 0.979. The zero-order chi connectivity index (χ0) is 10.7. The predicted molar refractivity (Wildman–Crippen MR) is 61.2 cm³/mol. The van der Waals surface area contributed by atoms with Gasteiger partial charge in [0.25, 0.3) is 0 Å². The Morgan fingerprint density at radius 3 is 2.71 bits per heavy atom. The van der Waals surface area contributed by atoms with Crippen molar-refractivity contribution in [1.82, 2.24) is 0 Å². The second kappa shape index (κ2) is 4.57. The van der Waals surface area contributed by atoms with E-state index in [0.29, 0.717) is 0 Å². The summed E-state index contributed by atoms with van der Waals surface area (Å²) >= 11 is 3.39. The van der Waals surface area contributed by atoms with Crippen LogP contribution in [0.4, 0.5) is 5.69 Å². The topological polar surface area (TPSA) is 55.1 Å². The molecule has 0 heterocycles. The maximum absolute atomic E-state index is 11.3. The molecule has 4 heteroatoms. The second-order valence-corrected chi connectivity index (χ2v) is 4.10. The van der Waals surface area contributed by atoms with Crippen molar-refractivity contribution in [2.24, 2.45) is 5.73 Å². The molecular weight excluding hydrogens is 244 g/mol. The second-order valence-electron chi connectivity index (χ2n) is 3.24. The molecule has 1 amide bonds. The quantitative estimate of drug-likeness (QED) is 0.851. The number of rotatable bonds is 2. The first kappa shape index (κ1) is 11.2. The van der Waals surface area contributed by atoms with Gasteiger partial charge in [-0.25, -0.2) is 0 Å². The Morgan fingerprint density at radius 2 is 2.21 bits per heavy atom. The van der Waals surface area contributed by atoms with Gasteiger partial charge in [-0.15, -0.1) is 0 Å². The third kappa shape index (κ3) is 2.82. The van der Waals surface area contributed by atoms with Gasteiger partial charge in [0.2, 0.25) is 5.91 Å². The van der Waals surface area contributed by atoms with Crippen LogP contribution < -0.4 is 11.1 Å². The zero-order valence-electron chi connectivity index (χ0n) is 8.17. The molecule has 3 N–H and O–H groups in total. The van der Waals surface area contributed by atoms with E-state index in [0.717, 1.165) is 15.7 Å². The van der Waals surface area contributed by atoms with Crippen LogP contribution in [0.15, 0.2) is 22.7 Å². The van der Waals surface area contributed by atoms with E-state index in [1.165, 1.54) is 0 Å². The summed E-state index contributed by atoms with van der Waals surface area (Å²) in [7, 11) is 0. The van der Waals surface area contributed by atoms with E-state index in [2.05, 4.69) is 21.2 Å². The highest BCUT2D eigenvalue weighted by molar-refractivity contribution is 9.10. The summed E-state index contributed by atoms with van der Waals surface area (Å²) in [4.78, 5) is 11.3. The molecular formula is C10H13BrN2O. The largest absolute Gasteiger partial charge is 0.325 e. The van der Waals surface area contributed by atoms with Gasteiger partial charge in [0.1, 0.15) is 0 Å². The average Bonchev–Trinajstić information content (AvgIpc) is 2.11. The molecule has 1 unspecified atom stereocenters. The number of nitrogens with one attached hydrogen (secondary N) is 1.